The Bertz CT molecular complexity index is 2880. The van der Waals surface area contributed by atoms with Crippen LogP contribution in [0.4, 0.5) is 0 Å². The van der Waals surface area contributed by atoms with Crippen LogP contribution in [0, 0.1) is 0 Å². The number of nitrogens with zero attached hydrogens (tertiary/aromatic N) is 3. The molecule has 9 aromatic rings. The molecule has 2 aromatic heterocycles. The quantitative estimate of drug-likeness (QED) is 0.185. The molecule has 2 atom stereocenters. The van der Waals surface area contributed by atoms with Crippen LogP contribution in [0.3, 0.4) is 0 Å². The van der Waals surface area contributed by atoms with Gasteiger partial charge in [0.2, 0.25) is 0 Å². The van der Waals surface area contributed by atoms with E-state index in [4.69, 9.17) is 19.7 Å². The SMILES string of the molecule is C1=CC2Oc3cc(-c4ccc5sc6ccccc6c5c4)ccc3C2C(c2nc(-c3ccc4ccccc4c3)nc(-c3ccc4ccccc4c3)n2)=C1. The maximum atomic E-state index is 6.70. The molecule has 7 aromatic carbocycles. The van der Waals surface area contributed by atoms with Crippen LogP contribution in [0.5, 0.6) is 5.75 Å². The van der Waals surface area contributed by atoms with Crippen molar-refractivity contribution in [3.63, 3.8) is 0 Å². The second-order valence-corrected chi connectivity index (χ2v) is 14.6. The second-order valence-electron chi connectivity index (χ2n) is 13.6. The molecule has 1 aliphatic carbocycles. The topological polar surface area (TPSA) is 47.9 Å². The minimum atomic E-state index is -0.154. The van der Waals surface area contributed by atoms with Crippen molar-refractivity contribution in [1.82, 2.24) is 15.0 Å². The predicted molar refractivity (Wildman–Crippen MR) is 215 cm³/mol. The first-order valence-corrected chi connectivity index (χ1v) is 18.4. The Hall–Kier alpha value is -6.43. The Kier molecular flexibility index (Phi) is 6.51. The van der Waals surface area contributed by atoms with Crippen molar-refractivity contribution >= 4 is 58.6 Å². The van der Waals surface area contributed by atoms with Gasteiger partial charge < -0.3 is 4.74 Å². The van der Waals surface area contributed by atoms with Crippen molar-refractivity contribution in [1.29, 1.82) is 0 Å². The summed E-state index contributed by atoms with van der Waals surface area (Å²) in [7, 11) is 0. The van der Waals surface area contributed by atoms with Gasteiger partial charge in [0.05, 0.1) is 5.92 Å². The second kappa shape index (κ2) is 11.6. The largest absolute Gasteiger partial charge is 0.485 e. The highest BCUT2D eigenvalue weighted by molar-refractivity contribution is 7.25. The molecule has 244 valence electrons. The number of fused-ring (bicyclic) bond motifs is 8. The van der Waals surface area contributed by atoms with Crippen molar-refractivity contribution < 1.29 is 4.74 Å². The molecule has 1 aliphatic heterocycles. The highest BCUT2D eigenvalue weighted by Crippen LogP contribution is 2.49. The van der Waals surface area contributed by atoms with Gasteiger partial charge in [0.15, 0.2) is 17.5 Å². The number of hydrogen-bond donors (Lipinski definition) is 0. The summed E-state index contributed by atoms with van der Waals surface area (Å²) in [5, 5.41) is 7.25. The van der Waals surface area contributed by atoms with Gasteiger partial charge in [-0.1, -0.05) is 121 Å². The van der Waals surface area contributed by atoms with Crippen LogP contribution in [-0.2, 0) is 0 Å². The molecule has 11 rings (SSSR count). The minimum Gasteiger partial charge on any atom is -0.485 e. The van der Waals surface area contributed by atoms with Crippen LogP contribution >= 0.6 is 11.3 Å². The highest BCUT2D eigenvalue weighted by Gasteiger charge is 2.38. The van der Waals surface area contributed by atoms with Crippen molar-refractivity contribution in [3.05, 3.63) is 175 Å². The van der Waals surface area contributed by atoms with Crippen LogP contribution in [0.1, 0.15) is 17.3 Å². The zero-order chi connectivity index (χ0) is 34.2. The molecule has 0 radical (unpaired) electrons. The van der Waals surface area contributed by atoms with Crippen molar-refractivity contribution in [2.24, 2.45) is 0 Å². The molecule has 0 N–H and O–H groups in total. The molecule has 5 heteroatoms. The van der Waals surface area contributed by atoms with Gasteiger partial charge in [-0.3, -0.25) is 0 Å². The summed E-state index contributed by atoms with van der Waals surface area (Å²) in [6.45, 7) is 0. The highest BCUT2D eigenvalue weighted by atomic mass is 32.1. The van der Waals surface area contributed by atoms with Crippen LogP contribution in [0.25, 0.3) is 81.2 Å². The number of hydrogen-bond acceptors (Lipinski definition) is 5. The lowest BCUT2D eigenvalue weighted by atomic mass is 9.83. The van der Waals surface area contributed by atoms with Gasteiger partial charge >= 0.3 is 0 Å². The van der Waals surface area contributed by atoms with Gasteiger partial charge in [0.25, 0.3) is 0 Å². The first-order chi connectivity index (χ1) is 25.7. The maximum absolute atomic E-state index is 6.70. The van der Waals surface area contributed by atoms with E-state index in [2.05, 4.69) is 164 Å². The fourth-order valence-electron chi connectivity index (χ4n) is 7.87. The van der Waals surface area contributed by atoms with Crippen LogP contribution in [0.15, 0.2) is 164 Å². The first kappa shape index (κ1) is 29.3. The molecule has 0 saturated carbocycles. The predicted octanol–water partition coefficient (Wildman–Crippen LogP) is 12.0. The van der Waals surface area contributed by atoms with Gasteiger partial charge in [0, 0.05) is 42.4 Å². The van der Waals surface area contributed by atoms with Crippen molar-refractivity contribution in [3.8, 4) is 39.7 Å². The van der Waals surface area contributed by atoms with Crippen molar-refractivity contribution in [2.45, 2.75) is 12.0 Å². The number of rotatable bonds is 4. The number of ether oxygens (including phenoxy) is 1. The number of thiophene rings is 1. The lowest BCUT2D eigenvalue weighted by Gasteiger charge is -2.22. The third-order valence-electron chi connectivity index (χ3n) is 10.5. The van der Waals surface area contributed by atoms with Gasteiger partial charge in [0.1, 0.15) is 11.9 Å². The Morgan fingerprint density at radius 1 is 0.481 bits per heavy atom. The molecular formula is C47H29N3OS. The maximum Gasteiger partial charge on any atom is 0.164 e. The van der Waals surface area contributed by atoms with E-state index in [1.54, 1.807) is 0 Å². The Labute approximate surface area is 304 Å². The summed E-state index contributed by atoms with van der Waals surface area (Å²) >= 11 is 1.84. The van der Waals surface area contributed by atoms with Crippen LogP contribution in [0.2, 0.25) is 0 Å². The van der Waals surface area contributed by atoms with E-state index in [0.29, 0.717) is 17.5 Å². The van der Waals surface area contributed by atoms with E-state index in [1.165, 1.54) is 36.5 Å². The Morgan fingerprint density at radius 3 is 1.83 bits per heavy atom. The first-order valence-electron chi connectivity index (χ1n) is 17.6. The molecular weight excluding hydrogens is 655 g/mol. The molecule has 3 heterocycles. The summed E-state index contributed by atoms with van der Waals surface area (Å²) in [5.41, 5.74) is 6.40. The molecule has 2 aliphatic rings. The van der Waals surface area contributed by atoms with E-state index >= 15 is 0 Å². The van der Waals surface area contributed by atoms with E-state index in [-0.39, 0.29) is 12.0 Å². The molecule has 0 amide bonds. The van der Waals surface area contributed by atoms with Crippen molar-refractivity contribution in [2.75, 3.05) is 0 Å². The number of benzene rings is 7. The average molecular weight is 684 g/mol. The molecule has 0 bridgehead atoms. The van der Waals surface area contributed by atoms with E-state index in [1.807, 2.05) is 11.3 Å². The third kappa shape index (κ3) is 4.78. The summed E-state index contributed by atoms with van der Waals surface area (Å²) in [4.78, 5) is 15.5. The summed E-state index contributed by atoms with van der Waals surface area (Å²) in [6, 6.07) is 51.7. The fourth-order valence-corrected chi connectivity index (χ4v) is 8.96. The molecule has 0 fully saturated rings. The molecule has 52 heavy (non-hydrogen) atoms. The lowest BCUT2D eigenvalue weighted by Crippen LogP contribution is -2.20. The Balaban J connectivity index is 1.02. The number of aromatic nitrogens is 3. The minimum absolute atomic E-state index is 0.0475. The monoisotopic (exact) mass is 683 g/mol. The lowest BCUT2D eigenvalue weighted by molar-refractivity contribution is 0.271. The average Bonchev–Trinajstić information content (AvgIpc) is 3.78. The fraction of sp³-hybridized carbons (Fsp3) is 0.0426. The smallest absolute Gasteiger partial charge is 0.164 e. The zero-order valence-electron chi connectivity index (χ0n) is 27.9. The van der Waals surface area contributed by atoms with Gasteiger partial charge in [-0.2, -0.15) is 0 Å². The number of allylic oxidation sites excluding steroid dienone is 2. The van der Waals surface area contributed by atoms with Gasteiger partial charge in [-0.15, -0.1) is 11.3 Å². The molecule has 0 saturated heterocycles. The molecule has 2 unspecified atom stereocenters. The van der Waals surface area contributed by atoms with Crippen LogP contribution < -0.4 is 4.74 Å². The normalized spacial score (nSPS) is 16.3. The standard InChI is InChI=1S/C47H29N3OS/c1-3-10-30-24-34(18-16-28(30)8-1)45-48-46(35-19-17-29-9-2-4-11-31(29)25-35)50-47(49-45)38-13-7-14-40-44(38)37-22-20-33(27-41(37)51-40)32-21-23-43-39(26-32)36-12-5-6-15-42(36)52-43/h1-27,40,44H. The zero-order valence-corrected chi connectivity index (χ0v) is 28.7. The van der Waals surface area contributed by atoms with Crippen LogP contribution in [-0.4, -0.2) is 21.1 Å². The Morgan fingerprint density at radius 2 is 1.08 bits per heavy atom. The molecule has 4 nitrogen and oxygen atoms in total. The third-order valence-corrected chi connectivity index (χ3v) is 11.6. The summed E-state index contributed by atoms with van der Waals surface area (Å²) in [5.74, 6) is 2.82. The van der Waals surface area contributed by atoms with E-state index in [9.17, 15) is 0 Å². The van der Waals surface area contributed by atoms with Gasteiger partial charge in [-0.25, -0.2) is 15.0 Å². The van der Waals surface area contributed by atoms with E-state index in [0.717, 1.165) is 44.3 Å². The summed E-state index contributed by atoms with van der Waals surface area (Å²) in [6.07, 6.45) is 6.21. The molecule has 0 spiro atoms. The summed E-state index contributed by atoms with van der Waals surface area (Å²) < 4.78 is 9.31. The van der Waals surface area contributed by atoms with E-state index < -0.39 is 0 Å². The van der Waals surface area contributed by atoms with Gasteiger partial charge in [-0.05, 0) is 75.1 Å².